The second-order valence-corrected chi connectivity index (χ2v) is 10.4. The first-order valence-electron chi connectivity index (χ1n) is 11.4. The maximum atomic E-state index is 13.4. The molecule has 0 radical (unpaired) electrons. The van der Waals surface area contributed by atoms with Crippen LogP contribution in [0.5, 0.6) is 0 Å². The molecule has 1 atom stereocenters. The Balaban J connectivity index is 1.90. The molecule has 1 heterocycles. The van der Waals surface area contributed by atoms with E-state index in [1.165, 1.54) is 4.90 Å². The summed E-state index contributed by atoms with van der Waals surface area (Å²) in [6.45, 7) is 6.35. The zero-order valence-electron chi connectivity index (χ0n) is 20.5. The molecule has 0 aliphatic carbocycles. The fourth-order valence-electron chi connectivity index (χ4n) is 4.28. The lowest BCUT2D eigenvalue weighted by Crippen LogP contribution is -2.29. The molecule has 3 aromatic carbocycles. The first-order chi connectivity index (χ1) is 16.5. The van der Waals surface area contributed by atoms with Crippen molar-refractivity contribution in [3.05, 3.63) is 100 Å². The van der Waals surface area contributed by atoms with Crippen LogP contribution in [0.4, 0.5) is 11.4 Å². The van der Waals surface area contributed by atoms with E-state index in [0.29, 0.717) is 16.3 Å². The van der Waals surface area contributed by atoms with E-state index in [0.717, 1.165) is 16.8 Å². The molecule has 1 aliphatic heterocycles. The highest BCUT2D eigenvalue weighted by atomic mass is 35.5. The Hall–Kier alpha value is -3.57. The molecule has 0 spiro atoms. The summed E-state index contributed by atoms with van der Waals surface area (Å²) < 4.78 is 0. The van der Waals surface area contributed by atoms with Crippen molar-refractivity contribution in [1.29, 1.82) is 0 Å². The number of halogens is 1. The summed E-state index contributed by atoms with van der Waals surface area (Å²) in [6.07, 6.45) is 0. The Labute approximate surface area is 211 Å². The Morgan fingerprint density at radius 2 is 1.57 bits per heavy atom. The minimum atomic E-state index is -0.786. The van der Waals surface area contributed by atoms with Crippen LogP contribution < -0.4 is 9.80 Å². The first-order valence-corrected chi connectivity index (χ1v) is 11.8. The van der Waals surface area contributed by atoms with Gasteiger partial charge in [0.25, 0.3) is 11.7 Å². The van der Waals surface area contributed by atoms with Gasteiger partial charge in [0.2, 0.25) is 0 Å². The van der Waals surface area contributed by atoms with E-state index < -0.39 is 17.7 Å². The van der Waals surface area contributed by atoms with Crippen LogP contribution in [0.3, 0.4) is 0 Å². The molecule has 1 aliphatic rings. The minimum Gasteiger partial charge on any atom is -0.507 e. The lowest BCUT2D eigenvalue weighted by atomic mass is 9.87. The number of amides is 1. The number of hydrogen-bond acceptors (Lipinski definition) is 4. The Kier molecular flexibility index (Phi) is 6.48. The van der Waals surface area contributed by atoms with Gasteiger partial charge in [0.05, 0.1) is 11.6 Å². The van der Waals surface area contributed by atoms with Gasteiger partial charge in [0, 0.05) is 36.1 Å². The molecule has 3 aromatic rings. The van der Waals surface area contributed by atoms with Crippen molar-refractivity contribution in [2.45, 2.75) is 32.2 Å². The molecule has 4 rings (SSSR count). The fourth-order valence-corrected chi connectivity index (χ4v) is 4.47. The van der Waals surface area contributed by atoms with E-state index in [2.05, 4.69) is 20.8 Å². The molecule has 0 bridgehead atoms. The molecule has 0 saturated carbocycles. The number of carbonyl (C=O) groups is 2. The molecule has 180 valence electrons. The number of nitrogens with zero attached hydrogens (tertiary/aromatic N) is 2. The SMILES string of the molecule is CN(C)c1ccc(C2/C(=C(\O)c3cccc(Cl)c3)C(=O)C(=O)N2c2ccc(C(C)(C)C)cc2)cc1. The third kappa shape index (κ3) is 4.69. The third-order valence-electron chi connectivity index (χ3n) is 6.28. The summed E-state index contributed by atoms with van der Waals surface area (Å²) in [5, 5.41) is 11.7. The molecule has 5 nitrogen and oxygen atoms in total. The van der Waals surface area contributed by atoms with E-state index in [1.807, 2.05) is 67.5 Å². The number of benzene rings is 3. The first kappa shape index (κ1) is 24.6. The van der Waals surface area contributed by atoms with Crippen molar-refractivity contribution in [3.8, 4) is 0 Å². The van der Waals surface area contributed by atoms with Crippen LogP contribution >= 0.6 is 11.6 Å². The highest BCUT2D eigenvalue weighted by Gasteiger charge is 2.47. The largest absolute Gasteiger partial charge is 0.507 e. The standard InChI is InChI=1S/C29H29ClN2O3/c1-29(2,3)20-11-15-23(16-12-20)32-25(18-9-13-22(14-10-18)31(4)5)24(27(34)28(32)35)26(33)19-7-6-8-21(30)17-19/h6-17,25,33H,1-5H3/b26-24+. The van der Waals surface area contributed by atoms with Gasteiger partial charge in [-0.3, -0.25) is 14.5 Å². The van der Waals surface area contributed by atoms with Crippen LogP contribution in [0.25, 0.3) is 5.76 Å². The average molecular weight is 489 g/mol. The maximum Gasteiger partial charge on any atom is 0.300 e. The van der Waals surface area contributed by atoms with Crippen LogP contribution in [0, 0.1) is 0 Å². The number of anilines is 2. The van der Waals surface area contributed by atoms with E-state index >= 15 is 0 Å². The van der Waals surface area contributed by atoms with Gasteiger partial charge in [-0.2, -0.15) is 0 Å². The second kappa shape index (κ2) is 9.23. The smallest absolute Gasteiger partial charge is 0.300 e. The zero-order chi connectivity index (χ0) is 25.5. The van der Waals surface area contributed by atoms with Crippen molar-refractivity contribution in [2.75, 3.05) is 23.9 Å². The highest BCUT2D eigenvalue weighted by molar-refractivity contribution is 6.51. The number of carbonyl (C=O) groups excluding carboxylic acids is 2. The molecule has 1 N–H and O–H groups in total. The number of aliphatic hydroxyl groups is 1. The number of ketones is 1. The van der Waals surface area contributed by atoms with Crippen molar-refractivity contribution in [2.24, 2.45) is 0 Å². The third-order valence-corrected chi connectivity index (χ3v) is 6.51. The van der Waals surface area contributed by atoms with Crippen LogP contribution in [-0.2, 0) is 15.0 Å². The van der Waals surface area contributed by atoms with Crippen LogP contribution in [-0.4, -0.2) is 30.9 Å². The highest BCUT2D eigenvalue weighted by Crippen LogP contribution is 2.43. The summed E-state index contributed by atoms with van der Waals surface area (Å²) >= 11 is 6.14. The van der Waals surface area contributed by atoms with Gasteiger partial charge in [-0.05, 0) is 52.9 Å². The fraction of sp³-hybridized carbons (Fsp3) is 0.241. The minimum absolute atomic E-state index is 0.0368. The van der Waals surface area contributed by atoms with Gasteiger partial charge in [0.15, 0.2) is 0 Å². The van der Waals surface area contributed by atoms with Gasteiger partial charge < -0.3 is 10.0 Å². The Morgan fingerprint density at radius 3 is 2.11 bits per heavy atom. The topological polar surface area (TPSA) is 60.9 Å². The maximum absolute atomic E-state index is 13.4. The molecule has 6 heteroatoms. The van der Waals surface area contributed by atoms with E-state index in [9.17, 15) is 14.7 Å². The van der Waals surface area contributed by atoms with Crippen molar-refractivity contribution in [3.63, 3.8) is 0 Å². The lowest BCUT2D eigenvalue weighted by molar-refractivity contribution is -0.132. The van der Waals surface area contributed by atoms with Crippen LogP contribution in [0.15, 0.2) is 78.4 Å². The summed E-state index contributed by atoms with van der Waals surface area (Å²) in [5.74, 6) is -1.66. The van der Waals surface area contributed by atoms with Gasteiger partial charge >= 0.3 is 0 Å². The van der Waals surface area contributed by atoms with Crippen molar-refractivity contribution < 1.29 is 14.7 Å². The number of Topliss-reactive ketones (excluding diaryl/α,β-unsaturated/α-hetero) is 1. The molecular weight excluding hydrogens is 460 g/mol. The summed E-state index contributed by atoms with van der Waals surface area (Å²) in [7, 11) is 3.88. The molecule has 1 fully saturated rings. The molecule has 1 unspecified atom stereocenters. The van der Waals surface area contributed by atoms with Crippen LogP contribution in [0.2, 0.25) is 5.02 Å². The molecule has 35 heavy (non-hydrogen) atoms. The predicted molar refractivity (Wildman–Crippen MR) is 142 cm³/mol. The van der Waals surface area contributed by atoms with Gasteiger partial charge in [-0.25, -0.2) is 0 Å². The predicted octanol–water partition coefficient (Wildman–Crippen LogP) is 6.33. The van der Waals surface area contributed by atoms with E-state index in [1.54, 1.807) is 24.3 Å². The average Bonchev–Trinajstić information content (AvgIpc) is 3.08. The van der Waals surface area contributed by atoms with E-state index in [-0.39, 0.29) is 16.7 Å². The van der Waals surface area contributed by atoms with Crippen LogP contribution in [0.1, 0.15) is 43.5 Å². The molecular formula is C29H29ClN2O3. The summed E-state index contributed by atoms with van der Waals surface area (Å²) in [4.78, 5) is 30.1. The van der Waals surface area contributed by atoms with Crippen molar-refractivity contribution >= 4 is 40.4 Å². The summed E-state index contributed by atoms with van der Waals surface area (Å²) in [6, 6.07) is 21.1. The molecule has 1 saturated heterocycles. The Bertz CT molecular complexity index is 1300. The molecule has 1 amide bonds. The number of rotatable bonds is 4. The van der Waals surface area contributed by atoms with Crippen molar-refractivity contribution in [1.82, 2.24) is 0 Å². The number of hydrogen-bond donors (Lipinski definition) is 1. The Morgan fingerprint density at radius 1 is 0.943 bits per heavy atom. The number of aliphatic hydroxyl groups excluding tert-OH is 1. The summed E-state index contributed by atoms with van der Waals surface area (Å²) in [5.41, 5.74) is 3.77. The zero-order valence-corrected chi connectivity index (χ0v) is 21.3. The second-order valence-electron chi connectivity index (χ2n) is 9.96. The van der Waals surface area contributed by atoms with E-state index in [4.69, 9.17) is 11.6 Å². The lowest BCUT2D eigenvalue weighted by Gasteiger charge is -2.27. The normalized spacial score (nSPS) is 17.7. The monoisotopic (exact) mass is 488 g/mol. The quantitative estimate of drug-likeness (QED) is 0.265. The van der Waals surface area contributed by atoms with Gasteiger partial charge in [-0.1, -0.05) is 68.8 Å². The van der Waals surface area contributed by atoms with Gasteiger partial charge in [-0.15, -0.1) is 0 Å². The molecule has 0 aromatic heterocycles. The van der Waals surface area contributed by atoms with Gasteiger partial charge in [0.1, 0.15) is 5.76 Å².